The summed E-state index contributed by atoms with van der Waals surface area (Å²) in [7, 11) is 3.24. The van der Waals surface area contributed by atoms with Crippen LogP contribution in [0.15, 0.2) is 79.4 Å². The van der Waals surface area contributed by atoms with Gasteiger partial charge < -0.3 is 24.1 Å². The Kier molecular flexibility index (Phi) is 8.81. The van der Waals surface area contributed by atoms with Gasteiger partial charge in [-0.25, -0.2) is 4.98 Å². The SMILES string of the molecule is C=CCc1ccc(OCCn2c(CCCNC(=O)c3cccc(OC)c3)nc3ccccc32)c(OC)c1. The standard InChI is InChI=1S/C30H33N3O4/c1-4-9-22-15-16-27(28(20-22)36-3)37-19-18-33-26-13-6-5-12-25(26)32-29(33)14-8-17-31-30(34)23-10-7-11-24(21-23)35-2/h4-7,10-13,15-16,20-21H,1,8-9,14,17-19H2,2-3H3,(H,31,34). The van der Waals surface area contributed by atoms with Crippen LogP contribution in [0.5, 0.6) is 17.2 Å². The third kappa shape index (κ3) is 6.50. The number of aromatic nitrogens is 2. The van der Waals surface area contributed by atoms with Crippen LogP contribution >= 0.6 is 0 Å². The number of carbonyl (C=O) groups excluding carboxylic acids is 1. The molecule has 0 unspecified atom stereocenters. The monoisotopic (exact) mass is 499 g/mol. The maximum Gasteiger partial charge on any atom is 0.251 e. The average Bonchev–Trinajstić information content (AvgIpc) is 3.29. The number of ether oxygens (including phenoxy) is 3. The predicted molar refractivity (Wildman–Crippen MR) is 146 cm³/mol. The summed E-state index contributed by atoms with van der Waals surface area (Å²) in [6, 6.07) is 21.2. The van der Waals surface area contributed by atoms with Crippen molar-refractivity contribution in [2.24, 2.45) is 0 Å². The van der Waals surface area contributed by atoms with E-state index in [0.29, 0.717) is 42.5 Å². The Morgan fingerprint density at radius 1 is 1.03 bits per heavy atom. The fourth-order valence-electron chi connectivity index (χ4n) is 4.25. The molecule has 1 N–H and O–H groups in total. The summed E-state index contributed by atoms with van der Waals surface area (Å²) in [6.45, 7) is 5.45. The Morgan fingerprint density at radius 3 is 2.70 bits per heavy atom. The quantitative estimate of drug-likeness (QED) is 0.202. The van der Waals surface area contributed by atoms with Crippen molar-refractivity contribution in [3.05, 3.63) is 96.3 Å². The molecule has 7 heteroatoms. The molecule has 37 heavy (non-hydrogen) atoms. The lowest BCUT2D eigenvalue weighted by molar-refractivity contribution is 0.0952. The summed E-state index contributed by atoms with van der Waals surface area (Å²) in [5.41, 5.74) is 3.72. The minimum Gasteiger partial charge on any atom is -0.497 e. The van der Waals surface area contributed by atoms with Crippen molar-refractivity contribution in [3.63, 3.8) is 0 Å². The first kappa shape index (κ1) is 25.8. The molecule has 4 rings (SSSR count). The number of nitrogens with one attached hydrogen (secondary N) is 1. The van der Waals surface area contributed by atoms with E-state index in [4.69, 9.17) is 19.2 Å². The second kappa shape index (κ2) is 12.6. The van der Waals surface area contributed by atoms with Gasteiger partial charge in [0, 0.05) is 18.5 Å². The number of hydrogen-bond acceptors (Lipinski definition) is 5. The van der Waals surface area contributed by atoms with Gasteiger partial charge in [-0.05, 0) is 60.9 Å². The van der Waals surface area contributed by atoms with Gasteiger partial charge in [-0.2, -0.15) is 0 Å². The topological polar surface area (TPSA) is 74.6 Å². The molecule has 7 nitrogen and oxygen atoms in total. The summed E-state index contributed by atoms with van der Waals surface area (Å²) in [5, 5.41) is 2.99. The normalized spacial score (nSPS) is 10.8. The number of methoxy groups -OCH3 is 2. The van der Waals surface area contributed by atoms with Gasteiger partial charge in [-0.15, -0.1) is 6.58 Å². The molecule has 192 valence electrons. The Balaban J connectivity index is 1.38. The Morgan fingerprint density at radius 2 is 1.89 bits per heavy atom. The molecule has 0 aliphatic carbocycles. The van der Waals surface area contributed by atoms with E-state index >= 15 is 0 Å². The lowest BCUT2D eigenvalue weighted by Crippen LogP contribution is -2.25. The van der Waals surface area contributed by atoms with E-state index in [2.05, 4.69) is 22.5 Å². The Bertz CT molecular complexity index is 1360. The summed E-state index contributed by atoms with van der Waals surface area (Å²) in [4.78, 5) is 17.3. The molecule has 0 saturated heterocycles. The zero-order chi connectivity index (χ0) is 26.0. The zero-order valence-electron chi connectivity index (χ0n) is 21.4. The van der Waals surface area contributed by atoms with Gasteiger partial charge in [0.15, 0.2) is 11.5 Å². The van der Waals surface area contributed by atoms with Crippen molar-refractivity contribution >= 4 is 16.9 Å². The maximum absolute atomic E-state index is 12.5. The van der Waals surface area contributed by atoms with E-state index in [1.807, 2.05) is 54.6 Å². The second-order valence-electron chi connectivity index (χ2n) is 8.59. The fraction of sp³-hybridized carbons (Fsp3) is 0.267. The van der Waals surface area contributed by atoms with Gasteiger partial charge >= 0.3 is 0 Å². The minimum atomic E-state index is -0.117. The highest BCUT2D eigenvalue weighted by Gasteiger charge is 2.12. The number of para-hydroxylation sites is 2. The van der Waals surface area contributed by atoms with Crippen molar-refractivity contribution in [3.8, 4) is 17.2 Å². The summed E-state index contributed by atoms with van der Waals surface area (Å²) in [6.07, 6.45) is 4.14. The van der Waals surface area contributed by atoms with Gasteiger partial charge in [-0.3, -0.25) is 4.79 Å². The molecule has 0 fully saturated rings. The number of nitrogens with zero attached hydrogens (tertiary/aromatic N) is 2. The minimum absolute atomic E-state index is 0.117. The van der Waals surface area contributed by atoms with Crippen molar-refractivity contribution in [2.75, 3.05) is 27.4 Å². The van der Waals surface area contributed by atoms with Crippen LogP contribution in [0.2, 0.25) is 0 Å². The molecule has 3 aromatic carbocycles. The molecule has 0 radical (unpaired) electrons. The van der Waals surface area contributed by atoms with Crippen LogP contribution in [-0.4, -0.2) is 42.8 Å². The third-order valence-corrected chi connectivity index (χ3v) is 6.11. The number of carbonyl (C=O) groups is 1. The molecule has 4 aromatic rings. The van der Waals surface area contributed by atoms with Crippen molar-refractivity contribution < 1.29 is 19.0 Å². The van der Waals surface area contributed by atoms with Gasteiger partial charge in [0.2, 0.25) is 0 Å². The Hall–Kier alpha value is -4.26. The van der Waals surface area contributed by atoms with Crippen LogP contribution in [0, 0.1) is 0 Å². The number of hydrogen-bond donors (Lipinski definition) is 1. The van der Waals surface area contributed by atoms with E-state index in [0.717, 1.165) is 41.7 Å². The zero-order valence-corrected chi connectivity index (χ0v) is 21.4. The lowest BCUT2D eigenvalue weighted by Gasteiger charge is -2.14. The van der Waals surface area contributed by atoms with E-state index in [-0.39, 0.29) is 5.91 Å². The van der Waals surface area contributed by atoms with Crippen LogP contribution in [0.1, 0.15) is 28.2 Å². The third-order valence-electron chi connectivity index (χ3n) is 6.11. The number of amides is 1. The molecule has 0 saturated carbocycles. The molecule has 1 aromatic heterocycles. The molecule has 0 bridgehead atoms. The number of rotatable bonds is 13. The van der Waals surface area contributed by atoms with E-state index in [1.54, 1.807) is 26.4 Å². The highest BCUT2D eigenvalue weighted by atomic mass is 16.5. The van der Waals surface area contributed by atoms with Gasteiger partial charge in [0.25, 0.3) is 5.91 Å². The van der Waals surface area contributed by atoms with E-state index < -0.39 is 0 Å². The smallest absolute Gasteiger partial charge is 0.251 e. The molecule has 0 aliphatic heterocycles. The molecule has 1 heterocycles. The Labute approximate surface area is 217 Å². The van der Waals surface area contributed by atoms with Crippen LogP contribution in [0.25, 0.3) is 11.0 Å². The van der Waals surface area contributed by atoms with Crippen molar-refractivity contribution in [2.45, 2.75) is 25.8 Å². The number of aryl methyl sites for hydroxylation is 1. The maximum atomic E-state index is 12.5. The van der Waals surface area contributed by atoms with E-state index in [9.17, 15) is 4.79 Å². The number of fused-ring (bicyclic) bond motifs is 1. The molecule has 0 atom stereocenters. The molecular formula is C30H33N3O4. The molecular weight excluding hydrogens is 466 g/mol. The highest BCUT2D eigenvalue weighted by molar-refractivity contribution is 5.94. The molecule has 0 spiro atoms. The number of benzene rings is 3. The first-order valence-corrected chi connectivity index (χ1v) is 12.4. The average molecular weight is 500 g/mol. The number of allylic oxidation sites excluding steroid dienone is 1. The second-order valence-corrected chi connectivity index (χ2v) is 8.59. The van der Waals surface area contributed by atoms with Crippen LogP contribution in [-0.2, 0) is 19.4 Å². The lowest BCUT2D eigenvalue weighted by atomic mass is 10.1. The molecule has 0 aliphatic rings. The van der Waals surface area contributed by atoms with Gasteiger partial charge in [0.05, 0.1) is 31.8 Å². The summed E-state index contributed by atoms with van der Waals surface area (Å²) < 4.78 is 19.0. The summed E-state index contributed by atoms with van der Waals surface area (Å²) in [5.74, 6) is 2.93. The summed E-state index contributed by atoms with van der Waals surface area (Å²) >= 11 is 0. The number of imidazole rings is 1. The largest absolute Gasteiger partial charge is 0.497 e. The highest BCUT2D eigenvalue weighted by Crippen LogP contribution is 2.28. The predicted octanol–water partition coefficient (Wildman–Crippen LogP) is 5.22. The van der Waals surface area contributed by atoms with Crippen LogP contribution in [0.3, 0.4) is 0 Å². The molecule has 1 amide bonds. The van der Waals surface area contributed by atoms with Crippen molar-refractivity contribution in [1.82, 2.24) is 14.9 Å². The van der Waals surface area contributed by atoms with Gasteiger partial charge in [0.1, 0.15) is 18.2 Å². The van der Waals surface area contributed by atoms with Gasteiger partial charge in [-0.1, -0.05) is 30.3 Å². The first-order valence-electron chi connectivity index (χ1n) is 12.4. The first-order chi connectivity index (χ1) is 18.1. The van der Waals surface area contributed by atoms with Crippen LogP contribution in [0.4, 0.5) is 0 Å². The van der Waals surface area contributed by atoms with Crippen molar-refractivity contribution in [1.29, 1.82) is 0 Å². The van der Waals surface area contributed by atoms with E-state index in [1.165, 1.54) is 0 Å². The fourth-order valence-corrected chi connectivity index (χ4v) is 4.25. The van der Waals surface area contributed by atoms with Crippen LogP contribution < -0.4 is 19.5 Å².